The van der Waals surface area contributed by atoms with E-state index in [2.05, 4.69) is 11.7 Å². The maximum absolute atomic E-state index is 11.7. The van der Waals surface area contributed by atoms with E-state index in [4.69, 9.17) is 5.73 Å². The normalized spacial score (nSPS) is 10.3. The van der Waals surface area contributed by atoms with E-state index in [0.717, 1.165) is 0 Å². The molecule has 5 heteroatoms. The topological polar surface area (TPSA) is 80.9 Å². The van der Waals surface area contributed by atoms with Crippen molar-refractivity contribution in [1.29, 1.82) is 0 Å². The largest absolute Gasteiger partial charge is 0.327 e. The summed E-state index contributed by atoms with van der Waals surface area (Å²) in [5.41, 5.74) is 6.52. The minimum Gasteiger partial charge on any atom is -0.327 e. The van der Waals surface area contributed by atoms with Crippen LogP contribution in [0.5, 0.6) is 0 Å². The van der Waals surface area contributed by atoms with Gasteiger partial charge in [0, 0.05) is 17.7 Å². The summed E-state index contributed by atoms with van der Waals surface area (Å²) in [5, 5.41) is 2.48. The summed E-state index contributed by atoms with van der Waals surface area (Å²) in [6.07, 6.45) is 0. The zero-order valence-corrected chi connectivity index (χ0v) is 8.96. The fourth-order valence-electron chi connectivity index (χ4n) is 1.19. The molecule has 82 valence electrons. The highest BCUT2D eigenvalue weighted by Gasteiger charge is 2.07. The van der Waals surface area contributed by atoms with Gasteiger partial charge in [0.05, 0.1) is 6.54 Å². The van der Waals surface area contributed by atoms with Gasteiger partial charge in [0.15, 0.2) is 0 Å². The standard InChI is InChI=1S/C10H15N3O2/c1-6(4-11)5-13-10(15)8(3)7(2)9(14)12-13/h1,4-5,11H2,2-3H3,(H,12,14). The average molecular weight is 209 g/mol. The van der Waals surface area contributed by atoms with Crippen LogP contribution in [0, 0.1) is 13.8 Å². The number of aromatic amines is 1. The molecule has 0 aliphatic carbocycles. The Hall–Kier alpha value is -1.62. The van der Waals surface area contributed by atoms with Crippen LogP contribution in [-0.2, 0) is 6.54 Å². The molecule has 0 radical (unpaired) electrons. The molecule has 1 rings (SSSR count). The second-order valence-electron chi connectivity index (χ2n) is 3.54. The Balaban J connectivity index is 3.27. The Morgan fingerprint density at radius 1 is 1.40 bits per heavy atom. The number of hydrogen-bond donors (Lipinski definition) is 2. The lowest BCUT2D eigenvalue weighted by Crippen LogP contribution is -2.34. The second kappa shape index (κ2) is 4.27. The van der Waals surface area contributed by atoms with Gasteiger partial charge in [-0.2, -0.15) is 0 Å². The number of H-pyrrole nitrogens is 1. The molecule has 0 atom stereocenters. The van der Waals surface area contributed by atoms with Crippen molar-refractivity contribution in [3.63, 3.8) is 0 Å². The van der Waals surface area contributed by atoms with Crippen molar-refractivity contribution < 1.29 is 0 Å². The molecule has 15 heavy (non-hydrogen) atoms. The minimum atomic E-state index is -0.253. The van der Waals surface area contributed by atoms with Gasteiger partial charge in [0.25, 0.3) is 11.1 Å². The number of nitrogens with two attached hydrogens (primary N) is 1. The van der Waals surface area contributed by atoms with E-state index >= 15 is 0 Å². The van der Waals surface area contributed by atoms with Crippen molar-refractivity contribution in [2.24, 2.45) is 5.73 Å². The molecule has 0 saturated carbocycles. The summed E-state index contributed by atoms with van der Waals surface area (Å²) < 4.78 is 1.24. The molecule has 0 fully saturated rings. The van der Waals surface area contributed by atoms with Gasteiger partial charge in [0.2, 0.25) is 0 Å². The van der Waals surface area contributed by atoms with Gasteiger partial charge >= 0.3 is 0 Å². The van der Waals surface area contributed by atoms with Crippen LogP contribution in [0.2, 0.25) is 0 Å². The van der Waals surface area contributed by atoms with Gasteiger partial charge in [-0.3, -0.25) is 14.7 Å². The monoisotopic (exact) mass is 209 g/mol. The third kappa shape index (κ3) is 2.24. The molecule has 1 heterocycles. The summed E-state index contributed by atoms with van der Waals surface area (Å²) >= 11 is 0. The van der Waals surface area contributed by atoms with Gasteiger partial charge in [-0.25, -0.2) is 4.68 Å². The Labute approximate surface area is 87.2 Å². The van der Waals surface area contributed by atoms with Crippen molar-refractivity contribution in [2.75, 3.05) is 6.54 Å². The molecule has 0 aromatic carbocycles. The Morgan fingerprint density at radius 2 is 2.00 bits per heavy atom. The molecule has 0 amide bonds. The van der Waals surface area contributed by atoms with Crippen molar-refractivity contribution in [3.05, 3.63) is 44.0 Å². The molecule has 0 spiro atoms. The summed E-state index contributed by atoms with van der Waals surface area (Å²) in [6, 6.07) is 0. The lowest BCUT2D eigenvalue weighted by Gasteiger charge is -2.08. The Morgan fingerprint density at radius 3 is 2.53 bits per heavy atom. The van der Waals surface area contributed by atoms with Gasteiger partial charge < -0.3 is 5.73 Å². The second-order valence-corrected chi connectivity index (χ2v) is 3.54. The van der Waals surface area contributed by atoms with Crippen LogP contribution in [0.4, 0.5) is 0 Å². The summed E-state index contributed by atoms with van der Waals surface area (Å²) in [5.74, 6) is 0. The Kier molecular flexibility index (Phi) is 3.26. The van der Waals surface area contributed by atoms with E-state index in [9.17, 15) is 9.59 Å². The molecule has 5 nitrogen and oxygen atoms in total. The molecule has 1 aromatic rings. The number of aromatic nitrogens is 2. The third-order valence-electron chi connectivity index (χ3n) is 2.38. The molecule has 0 bridgehead atoms. The van der Waals surface area contributed by atoms with Crippen molar-refractivity contribution >= 4 is 0 Å². The van der Waals surface area contributed by atoms with Crippen LogP contribution >= 0.6 is 0 Å². The van der Waals surface area contributed by atoms with E-state index in [-0.39, 0.29) is 17.7 Å². The van der Waals surface area contributed by atoms with Crippen LogP contribution in [0.1, 0.15) is 11.1 Å². The van der Waals surface area contributed by atoms with E-state index < -0.39 is 0 Å². The van der Waals surface area contributed by atoms with Gasteiger partial charge in [0.1, 0.15) is 0 Å². The lowest BCUT2D eigenvalue weighted by atomic mass is 10.2. The predicted octanol–water partition coefficient (Wildman–Crippen LogP) is -0.332. The summed E-state index contributed by atoms with van der Waals surface area (Å²) in [6.45, 7) is 7.49. The first kappa shape index (κ1) is 11.5. The van der Waals surface area contributed by atoms with Crippen LogP contribution in [0.25, 0.3) is 0 Å². The SMILES string of the molecule is C=C(CN)Cn1[nH]c(=O)c(C)c(C)c1=O. The van der Waals surface area contributed by atoms with Crippen LogP contribution in [0.15, 0.2) is 21.7 Å². The zero-order chi connectivity index (χ0) is 11.6. The van der Waals surface area contributed by atoms with Crippen LogP contribution < -0.4 is 16.9 Å². The van der Waals surface area contributed by atoms with Gasteiger partial charge in [-0.05, 0) is 19.4 Å². The number of nitrogens with one attached hydrogen (secondary N) is 1. The third-order valence-corrected chi connectivity index (χ3v) is 2.38. The van der Waals surface area contributed by atoms with Gasteiger partial charge in [-0.1, -0.05) is 6.58 Å². The minimum absolute atomic E-state index is 0.207. The fraction of sp³-hybridized carbons (Fsp3) is 0.400. The number of hydrogen-bond acceptors (Lipinski definition) is 3. The highest BCUT2D eigenvalue weighted by atomic mass is 16.2. The average Bonchev–Trinajstić information content (AvgIpc) is 2.22. The van der Waals surface area contributed by atoms with Gasteiger partial charge in [-0.15, -0.1) is 0 Å². The molecule has 0 aliphatic rings. The van der Waals surface area contributed by atoms with E-state index in [0.29, 0.717) is 23.2 Å². The highest BCUT2D eigenvalue weighted by molar-refractivity contribution is 5.17. The number of rotatable bonds is 3. The quantitative estimate of drug-likeness (QED) is 0.669. The summed E-state index contributed by atoms with van der Waals surface area (Å²) in [7, 11) is 0. The molecule has 0 aliphatic heterocycles. The first-order valence-electron chi connectivity index (χ1n) is 4.64. The smallest absolute Gasteiger partial charge is 0.268 e. The highest BCUT2D eigenvalue weighted by Crippen LogP contribution is 1.93. The van der Waals surface area contributed by atoms with Crippen molar-refractivity contribution in [3.8, 4) is 0 Å². The molecular formula is C10H15N3O2. The fourth-order valence-corrected chi connectivity index (χ4v) is 1.19. The molecule has 0 saturated heterocycles. The summed E-state index contributed by atoms with van der Waals surface area (Å²) in [4.78, 5) is 23.1. The lowest BCUT2D eigenvalue weighted by molar-refractivity contribution is 0.607. The first-order valence-corrected chi connectivity index (χ1v) is 4.64. The van der Waals surface area contributed by atoms with E-state index in [1.54, 1.807) is 13.8 Å². The maximum atomic E-state index is 11.7. The Bertz CT molecular complexity index is 496. The molecular weight excluding hydrogens is 194 g/mol. The van der Waals surface area contributed by atoms with E-state index in [1.807, 2.05) is 0 Å². The number of nitrogens with zero attached hydrogens (tertiary/aromatic N) is 1. The van der Waals surface area contributed by atoms with Crippen molar-refractivity contribution in [2.45, 2.75) is 20.4 Å². The van der Waals surface area contributed by atoms with Crippen LogP contribution in [-0.4, -0.2) is 16.3 Å². The van der Waals surface area contributed by atoms with Crippen molar-refractivity contribution in [1.82, 2.24) is 9.78 Å². The van der Waals surface area contributed by atoms with E-state index in [1.165, 1.54) is 4.68 Å². The molecule has 0 unspecified atom stereocenters. The van der Waals surface area contributed by atoms with Crippen LogP contribution in [0.3, 0.4) is 0 Å². The molecule has 3 N–H and O–H groups in total. The first-order chi connectivity index (χ1) is 6.97. The molecule has 1 aromatic heterocycles. The zero-order valence-electron chi connectivity index (χ0n) is 8.96. The maximum Gasteiger partial charge on any atom is 0.268 e. The predicted molar refractivity (Wildman–Crippen MR) is 59.0 cm³/mol.